The molecule has 0 saturated heterocycles. The SMILES string of the molecule is CCC(CC)C(C)Cc1ccsc1. The first kappa shape index (κ1) is 10.8. The second-order valence-electron chi connectivity index (χ2n) is 3.89. The summed E-state index contributed by atoms with van der Waals surface area (Å²) in [6, 6.07) is 2.25. The highest BCUT2D eigenvalue weighted by Gasteiger charge is 2.13. The van der Waals surface area contributed by atoms with Gasteiger partial charge in [-0.1, -0.05) is 33.6 Å². The smallest absolute Gasteiger partial charge is 0.00612 e. The van der Waals surface area contributed by atoms with Gasteiger partial charge in [0.05, 0.1) is 0 Å². The Hall–Kier alpha value is -0.300. The summed E-state index contributed by atoms with van der Waals surface area (Å²) in [6.07, 6.45) is 3.90. The number of thiophene rings is 1. The topological polar surface area (TPSA) is 0 Å². The van der Waals surface area contributed by atoms with Crippen molar-refractivity contribution in [2.75, 3.05) is 0 Å². The molecule has 0 aromatic carbocycles. The van der Waals surface area contributed by atoms with E-state index >= 15 is 0 Å². The highest BCUT2D eigenvalue weighted by molar-refractivity contribution is 7.07. The van der Waals surface area contributed by atoms with E-state index in [-0.39, 0.29) is 0 Å². The van der Waals surface area contributed by atoms with Crippen LogP contribution < -0.4 is 0 Å². The van der Waals surface area contributed by atoms with Gasteiger partial charge in [-0.2, -0.15) is 11.3 Å². The fourth-order valence-corrected chi connectivity index (χ4v) is 2.72. The van der Waals surface area contributed by atoms with E-state index in [0.717, 1.165) is 11.8 Å². The van der Waals surface area contributed by atoms with Gasteiger partial charge in [-0.05, 0) is 40.6 Å². The van der Waals surface area contributed by atoms with E-state index < -0.39 is 0 Å². The summed E-state index contributed by atoms with van der Waals surface area (Å²) >= 11 is 1.81. The van der Waals surface area contributed by atoms with Crippen LogP contribution in [-0.2, 0) is 6.42 Å². The summed E-state index contributed by atoms with van der Waals surface area (Å²) in [5.41, 5.74) is 1.52. The maximum absolute atomic E-state index is 2.38. The zero-order chi connectivity index (χ0) is 9.68. The third-order valence-electron chi connectivity index (χ3n) is 2.99. The van der Waals surface area contributed by atoms with Gasteiger partial charge in [-0.3, -0.25) is 0 Å². The molecule has 1 aromatic rings. The van der Waals surface area contributed by atoms with E-state index in [1.54, 1.807) is 0 Å². The molecule has 1 heteroatoms. The molecule has 0 fully saturated rings. The Morgan fingerprint density at radius 3 is 2.46 bits per heavy atom. The van der Waals surface area contributed by atoms with Crippen molar-refractivity contribution in [1.29, 1.82) is 0 Å². The Morgan fingerprint density at radius 2 is 2.00 bits per heavy atom. The summed E-state index contributed by atoms with van der Waals surface area (Å²) in [5, 5.41) is 4.45. The molecule has 0 aliphatic heterocycles. The van der Waals surface area contributed by atoms with E-state index in [1.807, 2.05) is 11.3 Å². The van der Waals surface area contributed by atoms with Crippen LogP contribution in [0, 0.1) is 11.8 Å². The molecule has 0 aliphatic carbocycles. The molecule has 0 amide bonds. The zero-order valence-corrected chi connectivity index (χ0v) is 9.73. The predicted octanol–water partition coefficient (Wildman–Crippen LogP) is 4.36. The van der Waals surface area contributed by atoms with E-state index in [9.17, 15) is 0 Å². The lowest BCUT2D eigenvalue weighted by atomic mass is 9.85. The van der Waals surface area contributed by atoms with Crippen LogP contribution >= 0.6 is 11.3 Å². The molecule has 0 nitrogen and oxygen atoms in total. The van der Waals surface area contributed by atoms with E-state index in [4.69, 9.17) is 0 Å². The minimum absolute atomic E-state index is 0.838. The lowest BCUT2D eigenvalue weighted by Gasteiger charge is -2.20. The van der Waals surface area contributed by atoms with Crippen LogP contribution in [-0.4, -0.2) is 0 Å². The number of hydrogen-bond donors (Lipinski definition) is 0. The van der Waals surface area contributed by atoms with Gasteiger partial charge in [0, 0.05) is 0 Å². The third-order valence-corrected chi connectivity index (χ3v) is 3.72. The van der Waals surface area contributed by atoms with Crippen molar-refractivity contribution in [1.82, 2.24) is 0 Å². The van der Waals surface area contributed by atoms with Gasteiger partial charge in [-0.15, -0.1) is 0 Å². The highest BCUT2D eigenvalue weighted by Crippen LogP contribution is 2.23. The van der Waals surface area contributed by atoms with Gasteiger partial charge in [0.15, 0.2) is 0 Å². The molecule has 0 N–H and O–H groups in total. The predicted molar refractivity (Wildman–Crippen MR) is 61.3 cm³/mol. The van der Waals surface area contributed by atoms with Gasteiger partial charge in [-0.25, -0.2) is 0 Å². The molecule has 1 unspecified atom stereocenters. The van der Waals surface area contributed by atoms with Crippen molar-refractivity contribution >= 4 is 11.3 Å². The Morgan fingerprint density at radius 1 is 1.31 bits per heavy atom. The second-order valence-corrected chi connectivity index (χ2v) is 4.67. The molecule has 13 heavy (non-hydrogen) atoms. The van der Waals surface area contributed by atoms with Crippen molar-refractivity contribution in [3.63, 3.8) is 0 Å². The molecule has 0 saturated carbocycles. The van der Waals surface area contributed by atoms with Crippen molar-refractivity contribution in [3.8, 4) is 0 Å². The van der Waals surface area contributed by atoms with Gasteiger partial charge >= 0.3 is 0 Å². The molecule has 1 aromatic heterocycles. The Balaban J connectivity index is 2.44. The Bertz CT molecular complexity index is 209. The Kier molecular flexibility index (Phi) is 4.51. The van der Waals surface area contributed by atoms with Crippen molar-refractivity contribution < 1.29 is 0 Å². The molecular formula is C12H20S. The monoisotopic (exact) mass is 196 g/mol. The minimum atomic E-state index is 0.838. The van der Waals surface area contributed by atoms with Gasteiger partial charge in [0.1, 0.15) is 0 Å². The fourth-order valence-electron chi connectivity index (χ4n) is 2.04. The molecule has 1 rings (SSSR count). The van der Waals surface area contributed by atoms with Crippen LogP contribution in [0.5, 0.6) is 0 Å². The molecular weight excluding hydrogens is 176 g/mol. The minimum Gasteiger partial charge on any atom is -0.152 e. The van der Waals surface area contributed by atoms with E-state index in [2.05, 4.69) is 37.6 Å². The third kappa shape index (κ3) is 3.15. The molecule has 0 aliphatic rings. The van der Waals surface area contributed by atoms with Crippen molar-refractivity contribution in [2.45, 2.75) is 40.0 Å². The quantitative estimate of drug-likeness (QED) is 0.656. The highest BCUT2D eigenvalue weighted by atomic mass is 32.1. The van der Waals surface area contributed by atoms with Crippen LogP contribution in [0.4, 0.5) is 0 Å². The summed E-state index contributed by atoms with van der Waals surface area (Å²) in [7, 11) is 0. The molecule has 0 spiro atoms. The van der Waals surface area contributed by atoms with Gasteiger partial charge in [0.25, 0.3) is 0 Å². The summed E-state index contributed by atoms with van der Waals surface area (Å²) < 4.78 is 0. The molecule has 1 atom stereocenters. The lowest BCUT2D eigenvalue weighted by molar-refractivity contribution is 0.335. The van der Waals surface area contributed by atoms with Crippen LogP contribution in [0.3, 0.4) is 0 Å². The molecule has 74 valence electrons. The van der Waals surface area contributed by atoms with E-state index in [0.29, 0.717) is 0 Å². The molecule has 0 bridgehead atoms. The average Bonchev–Trinajstić information content (AvgIpc) is 2.59. The van der Waals surface area contributed by atoms with E-state index in [1.165, 1.54) is 24.8 Å². The maximum atomic E-state index is 2.38. The molecule has 0 radical (unpaired) electrons. The van der Waals surface area contributed by atoms with Crippen molar-refractivity contribution in [3.05, 3.63) is 22.4 Å². The largest absolute Gasteiger partial charge is 0.152 e. The van der Waals surface area contributed by atoms with Crippen molar-refractivity contribution in [2.24, 2.45) is 11.8 Å². The summed E-state index contributed by atoms with van der Waals surface area (Å²) in [5.74, 6) is 1.74. The second kappa shape index (κ2) is 5.43. The summed E-state index contributed by atoms with van der Waals surface area (Å²) in [6.45, 7) is 6.99. The van der Waals surface area contributed by atoms with Crippen LogP contribution in [0.1, 0.15) is 39.2 Å². The fraction of sp³-hybridized carbons (Fsp3) is 0.667. The first-order valence-corrected chi connectivity index (χ1v) is 6.23. The lowest BCUT2D eigenvalue weighted by Crippen LogP contribution is -2.12. The average molecular weight is 196 g/mol. The molecule has 1 heterocycles. The van der Waals surface area contributed by atoms with Crippen LogP contribution in [0.15, 0.2) is 16.8 Å². The summed E-state index contributed by atoms with van der Waals surface area (Å²) in [4.78, 5) is 0. The Labute approximate surface area is 86.0 Å². The first-order valence-electron chi connectivity index (χ1n) is 5.29. The van der Waals surface area contributed by atoms with Crippen LogP contribution in [0.25, 0.3) is 0 Å². The standard InChI is InChI=1S/C12H20S/c1-4-12(5-2)10(3)8-11-6-7-13-9-11/h6-7,9-10,12H,4-5,8H2,1-3H3. The van der Waals surface area contributed by atoms with Gasteiger partial charge in [0.2, 0.25) is 0 Å². The zero-order valence-electron chi connectivity index (χ0n) is 8.92. The number of rotatable bonds is 5. The number of hydrogen-bond acceptors (Lipinski definition) is 1. The first-order chi connectivity index (χ1) is 6.27. The van der Waals surface area contributed by atoms with Gasteiger partial charge < -0.3 is 0 Å². The normalized spacial score (nSPS) is 13.5. The van der Waals surface area contributed by atoms with Crippen LogP contribution in [0.2, 0.25) is 0 Å². The maximum Gasteiger partial charge on any atom is -0.00612 e.